The molecule has 2 nitrogen and oxygen atoms in total. The molecular weight excluding hydrogens is 252 g/mol. The van der Waals surface area contributed by atoms with Gasteiger partial charge in [0.05, 0.1) is 5.69 Å². The summed E-state index contributed by atoms with van der Waals surface area (Å²) in [6, 6.07) is 14.8. The van der Waals surface area contributed by atoms with Gasteiger partial charge >= 0.3 is 0 Å². The zero-order chi connectivity index (χ0) is 13.2. The molecular formula is C16H16N2S. The van der Waals surface area contributed by atoms with Crippen molar-refractivity contribution in [1.82, 2.24) is 4.98 Å². The minimum atomic E-state index is 0.679. The molecule has 0 bridgehead atoms. The van der Waals surface area contributed by atoms with Gasteiger partial charge in [-0.2, -0.15) is 0 Å². The fourth-order valence-corrected chi connectivity index (χ4v) is 3.44. The summed E-state index contributed by atoms with van der Waals surface area (Å²) in [7, 11) is 0. The van der Waals surface area contributed by atoms with Crippen molar-refractivity contribution in [2.24, 2.45) is 5.73 Å². The lowest BCUT2D eigenvalue weighted by molar-refractivity contribution is 0.970. The van der Waals surface area contributed by atoms with Crippen LogP contribution in [0.5, 0.6) is 0 Å². The van der Waals surface area contributed by atoms with E-state index in [1.54, 1.807) is 11.3 Å². The van der Waals surface area contributed by atoms with E-state index >= 15 is 0 Å². The molecule has 0 aliphatic rings. The maximum atomic E-state index is 5.65. The Hall–Kier alpha value is -1.71. The number of rotatable bonds is 3. The second-order valence-corrected chi connectivity index (χ2v) is 5.68. The summed E-state index contributed by atoms with van der Waals surface area (Å²) < 4.78 is 0. The molecule has 3 aromatic rings. The molecule has 1 aromatic heterocycles. The van der Waals surface area contributed by atoms with Crippen molar-refractivity contribution in [3.05, 3.63) is 53.0 Å². The van der Waals surface area contributed by atoms with Crippen LogP contribution in [-0.4, -0.2) is 11.5 Å². The monoisotopic (exact) mass is 268 g/mol. The van der Waals surface area contributed by atoms with Crippen LogP contribution in [0, 0.1) is 6.92 Å². The molecule has 0 unspecified atom stereocenters. The zero-order valence-corrected chi connectivity index (χ0v) is 11.7. The van der Waals surface area contributed by atoms with Crippen LogP contribution < -0.4 is 5.73 Å². The molecule has 0 atom stereocenters. The zero-order valence-electron chi connectivity index (χ0n) is 10.9. The number of nitrogens with zero attached hydrogens (tertiary/aromatic N) is 1. The average molecular weight is 268 g/mol. The quantitative estimate of drug-likeness (QED) is 0.785. The van der Waals surface area contributed by atoms with Crippen LogP contribution in [0.3, 0.4) is 0 Å². The van der Waals surface area contributed by atoms with Crippen molar-refractivity contribution >= 4 is 22.1 Å². The van der Waals surface area contributed by atoms with Gasteiger partial charge in [-0.1, -0.05) is 42.5 Å². The van der Waals surface area contributed by atoms with Gasteiger partial charge in [0.2, 0.25) is 0 Å². The van der Waals surface area contributed by atoms with E-state index in [-0.39, 0.29) is 0 Å². The van der Waals surface area contributed by atoms with Crippen molar-refractivity contribution < 1.29 is 0 Å². The van der Waals surface area contributed by atoms with Gasteiger partial charge in [-0.3, -0.25) is 0 Å². The third-order valence-corrected chi connectivity index (χ3v) is 4.53. The van der Waals surface area contributed by atoms with Crippen LogP contribution in [0.25, 0.3) is 21.3 Å². The van der Waals surface area contributed by atoms with E-state index in [0.29, 0.717) is 6.54 Å². The van der Waals surface area contributed by atoms with Crippen molar-refractivity contribution in [3.8, 4) is 10.6 Å². The van der Waals surface area contributed by atoms with Crippen LogP contribution >= 0.6 is 11.3 Å². The second-order valence-electron chi connectivity index (χ2n) is 4.59. The van der Waals surface area contributed by atoms with Gasteiger partial charge in [-0.25, -0.2) is 4.98 Å². The Morgan fingerprint density at radius 3 is 2.74 bits per heavy atom. The highest BCUT2D eigenvalue weighted by Gasteiger charge is 2.11. The van der Waals surface area contributed by atoms with Crippen LogP contribution in [0.2, 0.25) is 0 Å². The second kappa shape index (κ2) is 5.11. The maximum absolute atomic E-state index is 5.65. The largest absolute Gasteiger partial charge is 0.330 e. The van der Waals surface area contributed by atoms with E-state index in [2.05, 4.69) is 49.4 Å². The number of hydrogen-bond acceptors (Lipinski definition) is 3. The van der Waals surface area contributed by atoms with Crippen molar-refractivity contribution in [2.75, 3.05) is 6.54 Å². The molecule has 0 amide bonds. The lowest BCUT2D eigenvalue weighted by Crippen LogP contribution is -2.01. The standard InChI is InChI=1S/C16H16N2S/c1-11-15(9-10-17)19-16(18-11)14-8-4-6-12-5-2-3-7-13(12)14/h2-8H,9-10,17H2,1H3. The van der Waals surface area contributed by atoms with E-state index in [9.17, 15) is 0 Å². The number of aryl methyl sites for hydroxylation is 1. The summed E-state index contributed by atoms with van der Waals surface area (Å²) in [6.45, 7) is 2.74. The lowest BCUT2D eigenvalue weighted by Gasteiger charge is -2.02. The summed E-state index contributed by atoms with van der Waals surface area (Å²) in [5.74, 6) is 0. The van der Waals surface area contributed by atoms with E-state index in [4.69, 9.17) is 10.7 Å². The number of hydrogen-bond donors (Lipinski definition) is 1. The molecule has 0 aliphatic carbocycles. The first-order valence-electron chi connectivity index (χ1n) is 6.44. The van der Waals surface area contributed by atoms with Crippen molar-refractivity contribution in [2.45, 2.75) is 13.3 Å². The summed E-state index contributed by atoms with van der Waals surface area (Å²) in [6.07, 6.45) is 0.911. The van der Waals surface area contributed by atoms with Crippen molar-refractivity contribution in [3.63, 3.8) is 0 Å². The highest BCUT2D eigenvalue weighted by molar-refractivity contribution is 7.15. The smallest absolute Gasteiger partial charge is 0.124 e. The first kappa shape index (κ1) is 12.3. The highest BCUT2D eigenvalue weighted by atomic mass is 32.1. The topological polar surface area (TPSA) is 38.9 Å². The van der Waals surface area contributed by atoms with Crippen LogP contribution in [0.1, 0.15) is 10.6 Å². The summed E-state index contributed by atoms with van der Waals surface area (Å²) in [5, 5.41) is 3.61. The number of aromatic nitrogens is 1. The fourth-order valence-electron chi connectivity index (χ4n) is 2.32. The van der Waals surface area contributed by atoms with Gasteiger partial charge in [0.25, 0.3) is 0 Å². The van der Waals surface area contributed by atoms with E-state index in [1.165, 1.54) is 21.2 Å². The molecule has 96 valence electrons. The molecule has 0 saturated carbocycles. The molecule has 19 heavy (non-hydrogen) atoms. The number of nitrogens with two attached hydrogens (primary N) is 1. The molecule has 0 fully saturated rings. The van der Waals surface area contributed by atoms with Crippen LogP contribution in [-0.2, 0) is 6.42 Å². The Balaban J connectivity index is 2.16. The Kier molecular flexibility index (Phi) is 3.32. The normalized spacial score (nSPS) is 11.1. The lowest BCUT2D eigenvalue weighted by atomic mass is 10.1. The van der Waals surface area contributed by atoms with Gasteiger partial charge in [0.1, 0.15) is 5.01 Å². The third kappa shape index (κ3) is 2.27. The van der Waals surface area contributed by atoms with Crippen LogP contribution in [0.4, 0.5) is 0 Å². The molecule has 0 aliphatic heterocycles. The number of fused-ring (bicyclic) bond motifs is 1. The molecule has 0 spiro atoms. The average Bonchev–Trinajstić information content (AvgIpc) is 2.80. The van der Waals surface area contributed by atoms with Crippen molar-refractivity contribution in [1.29, 1.82) is 0 Å². The van der Waals surface area contributed by atoms with Gasteiger partial charge in [-0.05, 0) is 30.7 Å². The molecule has 3 heteroatoms. The number of benzene rings is 2. The highest BCUT2D eigenvalue weighted by Crippen LogP contribution is 2.33. The Morgan fingerprint density at radius 2 is 1.89 bits per heavy atom. The third-order valence-electron chi connectivity index (χ3n) is 3.28. The Morgan fingerprint density at radius 1 is 1.11 bits per heavy atom. The summed E-state index contributed by atoms with van der Waals surface area (Å²) in [4.78, 5) is 6.01. The van der Waals surface area contributed by atoms with Gasteiger partial charge in [-0.15, -0.1) is 11.3 Å². The summed E-state index contributed by atoms with van der Waals surface area (Å²) in [5.41, 5.74) is 7.97. The van der Waals surface area contributed by atoms with Gasteiger partial charge in [0, 0.05) is 10.4 Å². The van der Waals surface area contributed by atoms with E-state index in [1.807, 2.05) is 0 Å². The Bertz CT molecular complexity index is 710. The molecule has 1 heterocycles. The summed E-state index contributed by atoms with van der Waals surface area (Å²) >= 11 is 1.76. The Labute approximate surface area is 116 Å². The van der Waals surface area contributed by atoms with Gasteiger partial charge in [0.15, 0.2) is 0 Å². The molecule has 2 N–H and O–H groups in total. The minimum absolute atomic E-state index is 0.679. The number of thiazole rings is 1. The molecule has 0 radical (unpaired) electrons. The van der Waals surface area contributed by atoms with Gasteiger partial charge < -0.3 is 5.73 Å². The first-order chi connectivity index (χ1) is 9.29. The predicted octanol–water partition coefficient (Wildman–Crippen LogP) is 3.77. The first-order valence-corrected chi connectivity index (χ1v) is 7.26. The van der Waals surface area contributed by atoms with Crippen LogP contribution in [0.15, 0.2) is 42.5 Å². The van der Waals surface area contributed by atoms with E-state index < -0.39 is 0 Å². The fraction of sp³-hybridized carbons (Fsp3) is 0.188. The van der Waals surface area contributed by atoms with E-state index in [0.717, 1.165) is 17.1 Å². The molecule has 2 aromatic carbocycles. The minimum Gasteiger partial charge on any atom is -0.330 e. The SMILES string of the molecule is Cc1nc(-c2cccc3ccccc23)sc1CCN. The maximum Gasteiger partial charge on any atom is 0.124 e. The molecule has 3 rings (SSSR count). The molecule has 0 saturated heterocycles. The predicted molar refractivity (Wildman–Crippen MR) is 82.6 cm³/mol.